The van der Waals surface area contributed by atoms with Gasteiger partial charge in [0.15, 0.2) is 0 Å². The van der Waals surface area contributed by atoms with Gasteiger partial charge in [0.1, 0.15) is 5.82 Å². The Kier molecular flexibility index (Phi) is 6.15. The van der Waals surface area contributed by atoms with E-state index in [0.29, 0.717) is 12.1 Å². The number of nitrogens with one attached hydrogen (secondary N) is 2. The van der Waals surface area contributed by atoms with E-state index in [-0.39, 0.29) is 18.0 Å². The number of carbonyl (C=O) groups excluding carboxylic acids is 1. The fourth-order valence-corrected chi connectivity index (χ4v) is 2.61. The maximum atomic E-state index is 14.1. The molecule has 0 aliphatic carbocycles. The second-order valence-electron chi connectivity index (χ2n) is 5.66. The third-order valence-electron chi connectivity index (χ3n) is 3.64. The van der Waals surface area contributed by atoms with Crippen molar-refractivity contribution in [2.24, 2.45) is 0 Å². The van der Waals surface area contributed by atoms with E-state index in [0.717, 1.165) is 26.2 Å². The molecule has 122 valence electrons. The lowest BCUT2D eigenvalue weighted by atomic mass is 10.0. The van der Waals surface area contributed by atoms with Crippen LogP contribution >= 0.6 is 0 Å². The number of ether oxygens (including phenoxy) is 1. The van der Waals surface area contributed by atoms with Crippen molar-refractivity contribution in [3.63, 3.8) is 0 Å². The van der Waals surface area contributed by atoms with E-state index in [9.17, 15) is 9.18 Å². The minimum absolute atomic E-state index is 0.175. The topological polar surface area (TPSA) is 53.6 Å². The molecule has 0 saturated carbocycles. The lowest BCUT2D eigenvalue weighted by Crippen LogP contribution is -2.48. The lowest BCUT2D eigenvalue weighted by Gasteiger charge is -2.35. The highest BCUT2D eigenvalue weighted by Gasteiger charge is 2.25. The highest BCUT2D eigenvalue weighted by molar-refractivity contribution is 5.67. The molecule has 1 atom stereocenters. The minimum atomic E-state index is -0.466. The third-order valence-corrected chi connectivity index (χ3v) is 3.64. The zero-order chi connectivity index (χ0) is 15.9. The van der Waals surface area contributed by atoms with E-state index >= 15 is 0 Å². The van der Waals surface area contributed by atoms with E-state index in [1.165, 1.54) is 6.07 Å². The van der Waals surface area contributed by atoms with Crippen LogP contribution in [0.1, 0.15) is 25.5 Å². The molecule has 1 aliphatic heterocycles. The number of hydrogen-bond acceptors (Lipinski definition) is 4. The number of amides is 1. The molecule has 0 spiro atoms. The van der Waals surface area contributed by atoms with Gasteiger partial charge >= 0.3 is 6.09 Å². The summed E-state index contributed by atoms with van der Waals surface area (Å²) >= 11 is 0. The Hall–Kier alpha value is -1.66. The molecule has 22 heavy (non-hydrogen) atoms. The lowest BCUT2D eigenvalue weighted by molar-refractivity contribution is 0.108. The monoisotopic (exact) mass is 309 g/mol. The SMILES string of the molecule is CC(C)OC(=O)NCC(c1ccccc1F)N1CCNCC1. The normalized spacial score (nSPS) is 17.3. The molecule has 1 heterocycles. The predicted octanol–water partition coefficient (Wildman–Crippen LogP) is 1.91. The Bertz CT molecular complexity index is 490. The molecule has 1 amide bonds. The third kappa shape index (κ3) is 4.68. The fraction of sp³-hybridized carbons (Fsp3) is 0.562. The van der Waals surface area contributed by atoms with Crippen LogP contribution in [0.3, 0.4) is 0 Å². The summed E-state index contributed by atoms with van der Waals surface area (Å²) in [6.45, 7) is 7.28. The van der Waals surface area contributed by atoms with Crippen LogP contribution in [0.25, 0.3) is 0 Å². The second kappa shape index (κ2) is 8.10. The van der Waals surface area contributed by atoms with Crippen molar-refractivity contribution in [3.05, 3.63) is 35.6 Å². The van der Waals surface area contributed by atoms with Gasteiger partial charge in [0.25, 0.3) is 0 Å². The average Bonchev–Trinajstić information content (AvgIpc) is 2.49. The largest absolute Gasteiger partial charge is 0.447 e. The summed E-state index contributed by atoms with van der Waals surface area (Å²) in [5, 5.41) is 6.03. The summed E-state index contributed by atoms with van der Waals surface area (Å²) in [5.41, 5.74) is 0.606. The van der Waals surface area contributed by atoms with Gasteiger partial charge in [-0.15, -0.1) is 0 Å². The zero-order valence-electron chi connectivity index (χ0n) is 13.1. The van der Waals surface area contributed by atoms with Crippen molar-refractivity contribution in [1.29, 1.82) is 0 Å². The van der Waals surface area contributed by atoms with Gasteiger partial charge in [0, 0.05) is 38.3 Å². The molecule has 1 fully saturated rings. The quantitative estimate of drug-likeness (QED) is 0.872. The molecule has 1 aromatic carbocycles. The molecule has 1 unspecified atom stereocenters. The number of nitrogens with zero attached hydrogens (tertiary/aromatic N) is 1. The van der Waals surface area contributed by atoms with Gasteiger partial charge in [-0.2, -0.15) is 0 Å². The van der Waals surface area contributed by atoms with Crippen molar-refractivity contribution in [1.82, 2.24) is 15.5 Å². The van der Waals surface area contributed by atoms with Crippen LogP contribution in [0.2, 0.25) is 0 Å². The Morgan fingerprint density at radius 2 is 2.05 bits per heavy atom. The molecular formula is C16H24FN3O2. The molecule has 2 rings (SSSR count). The van der Waals surface area contributed by atoms with E-state index in [4.69, 9.17) is 4.74 Å². The van der Waals surface area contributed by atoms with Crippen LogP contribution in [-0.4, -0.2) is 49.8 Å². The number of piperazine rings is 1. The molecule has 1 saturated heterocycles. The second-order valence-corrected chi connectivity index (χ2v) is 5.66. The van der Waals surface area contributed by atoms with E-state index in [2.05, 4.69) is 15.5 Å². The van der Waals surface area contributed by atoms with E-state index in [1.807, 2.05) is 6.07 Å². The van der Waals surface area contributed by atoms with E-state index < -0.39 is 6.09 Å². The average molecular weight is 309 g/mol. The summed E-state index contributed by atoms with van der Waals surface area (Å²) < 4.78 is 19.2. The maximum Gasteiger partial charge on any atom is 0.407 e. The zero-order valence-corrected chi connectivity index (χ0v) is 13.1. The molecule has 2 N–H and O–H groups in total. The Labute approximate surface area is 130 Å². The van der Waals surface area contributed by atoms with Crippen molar-refractivity contribution < 1.29 is 13.9 Å². The molecular weight excluding hydrogens is 285 g/mol. The van der Waals surface area contributed by atoms with Gasteiger partial charge in [-0.1, -0.05) is 18.2 Å². The Balaban J connectivity index is 2.08. The smallest absolute Gasteiger partial charge is 0.407 e. The summed E-state index contributed by atoms with van der Waals surface area (Å²) in [6.07, 6.45) is -0.641. The number of hydrogen-bond donors (Lipinski definition) is 2. The Morgan fingerprint density at radius 1 is 1.36 bits per heavy atom. The molecule has 0 aromatic heterocycles. The number of rotatable bonds is 5. The summed E-state index contributed by atoms with van der Waals surface area (Å²) in [7, 11) is 0. The number of alkyl carbamates (subject to hydrolysis) is 1. The number of benzene rings is 1. The molecule has 6 heteroatoms. The summed E-state index contributed by atoms with van der Waals surface area (Å²) in [6, 6.07) is 6.53. The predicted molar refractivity (Wildman–Crippen MR) is 83.2 cm³/mol. The first-order valence-corrected chi connectivity index (χ1v) is 7.71. The summed E-state index contributed by atoms with van der Waals surface area (Å²) in [4.78, 5) is 13.9. The van der Waals surface area contributed by atoms with E-state index in [1.54, 1.807) is 26.0 Å². The van der Waals surface area contributed by atoms with Crippen LogP contribution in [0.5, 0.6) is 0 Å². The minimum Gasteiger partial charge on any atom is -0.447 e. The molecule has 0 bridgehead atoms. The van der Waals surface area contributed by atoms with Gasteiger partial charge in [-0.05, 0) is 19.9 Å². The van der Waals surface area contributed by atoms with Crippen LogP contribution in [0, 0.1) is 5.82 Å². The van der Waals surface area contributed by atoms with Gasteiger partial charge in [0.2, 0.25) is 0 Å². The summed E-state index contributed by atoms with van der Waals surface area (Å²) in [5.74, 6) is -0.245. The first-order valence-electron chi connectivity index (χ1n) is 7.71. The van der Waals surface area contributed by atoms with Crippen molar-refractivity contribution in [2.45, 2.75) is 26.0 Å². The van der Waals surface area contributed by atoms with Gasteiger partial charge in [-0.25, -0.2) is 9.18 Å². The van der Waals surface area contributed by atoms with Crippen LogP contribution < -0.4 is 10.6 Å². The standard InChI is InChI=1S/C16H24FN3O2/c1-12(2)22-16(21)19-11-15(20-9-7-18-8-10-20)13-5-3-4-6-14(13)17/h3-6,12,15,18H,7-11H2,1-2H3,(H,19,21). The first kappa shape index (κ1) is 16.7. The van der Waals surface area contributed by atoms with Crippen LogP contribution in [-0.2, 0) is 4.74 Å². The highest BCUT2D eigenvalue weighted by Crippen LogP contribution is 2.23. The van der Waals surface area contributed by atoms with Gasteiger partial charge < -0.3 is 15.4 Å². The van der Waals surface area contributed by atoms with Crippen molar-refractivity contribution >= 4 is 6.09 Å². The number of carbonyl (C=O) groups is 1. The molecule has 1 aromatic rings. The molecule has 1 aliphatic rings. The van der Waals surface area contributed by atoms with Gasteiger partial charge in [0.05, 0.1) is 12.1 Å². The molecule has 5 nitrogen and oxygen atoms in total. The van der Waals surface area contributed by atoms with Gasteiger partial charge in [-0.3, -0.25) is 4.90 Å². The van der Waals surface area contributed by atoms with Crippen LogP contribution in [0.4, 0.5) is 9.18 Å². The molecule has 0 radical (unpaired) electrons. The van der Waals surface area contributed by atoms with Crippen molar-refractivity contribution in [2.75, 3.05) is 32.7 Å². The van der Waals surface area contributed by atoms with Crippen molar-refractivity contribution in [3.8, 4) is 0 Å². The maximum absolute atomic E-state index is 14.1. The first-order chi connectivity index (χ1) is 10.6. The highest BCUT2D eigenvalue weighted by atomic mass is 19.1. The van der Waals surface area contributed by atoms with Crippen LogP contribution in [0.15, 0.2) is 24.3 Å². The Morgan fingerprint density at radius 3 is 2.68 bits per heavy atom. The fourth-order valence-electron chi connectivity index (χ4n) is 2.61. The number of halogens is 1.